The number of hydrogen-bond donors (Lipinski definition) is 0. The van der Waals surface area contributed by atoms with Gasteiger partial charge in [-0.05, 0) is 42.5 Å². The molecule has 1 heterocycles. The number of benzene rings is 2. The fourth-order valence-corrected chi connectivity index (χ4v) is 2.88. The minimum absolute atomic E-state index is 0.741. The van der Waals surface area contributed by atoms with Crippen LogP contribution in [0, 0.1) is 0 Å². The Morgan fingerprint density at radius 1 is 1.00 bits per heavy atom. The Hall–Kier alpha value is -1.39. The lowest BCUT2D eigenvalue weighted by atomic mass is 10.2. The molecular weight excluding hydrogens is 382 g/mol. The van der Waals surface area contributed by atoms with E-state index in [1.807, 2.05) is 48.5 Å². The van der Waals surface area contributed by atoms with Gasteiger partial charge in [0.15, 0.2) is 0 Å². The summed E-state index contributed by atoms with van der Waals surface area (Å²) in [5.74, 6) is 1.67. The largest absolute Gasteiger partial charge is 0.456 e. The predicted molar refractivity (Wildman–Crippen MR) is 88.6 cm³/mol. The van der Waals surface area contributed by atoms with E-state index >= 15 is 0 Å². The van der Waals surface area contributed by atoms with Crippen molar-refractivity contribution in [3.05, 3.63) is 64.8 Å². The fourth-order valence-electron chi connectivity index (χ4n) is 2.03. The molecule has 0 spiro atoms. The average Bonchev–Trinajstić information content (AvgIpc) is 2.49. The molecule has 0 atom stereocenters. The molecule has 0 fully saturated rings. The minimum Gasteiger partial charge on any atom is -0.456 e. The molecule has 20 heavy (non-hydrogen) atoms. The highest BCUT2D eigenvalue weighted by atomic mass is 79.9. The molecule has 2 nitrogen and oxygen atoms in total. The molecule has 0 radical (unpaired) electrons. The highest BCUT2D eigenvalue weighted by molar-refractivity contribution is 9.10. The van der Waals surface area contributed by atoms with E-state index in [2.05, 4.69) is 36.8 Å². The van der Waals surface area contributed by atoms with Crippen LogP contribution in [0.15, 0.2) is 59.2 Å². The van der Waals surface area contributed by atoms with Crippen LogP contribution in [0.3, 0.4) is 0 Å². The predicted octanol–water partition coefficient (Wildman–Crippen LogP) is 5.68. The fraction of sp³-hybridized carbons (Fsp3) is 0.0625. The molecule has 0 aliphatic carbocycles. The first-order chi connectivity index (χ1) is 9.78. The molecule has 3 rings (SSSR count). The van der Waals surface area contributed by atoms with Crippen molar-refractivity contribution in [1.29, 1.82) is 0 Å². The van der Waals surface area contributed by atoms with E-state index in [0.29, 0.717) is 0 Å². The Morgan fingerprint density at radius 2 is 1.90 bits per heavy atom. The molecule has 0 N–H and O–H groups in total. The second-order valence-corrected chi connectivity index (χ2v) is 5.79. The van der Waals surface area contributed by atoms with Crippen molar-refractivity contribution in [3.8, 4) is 11.5 Å². The smallest absolute Gasteiger partial charge is 0.136 e. The van der Waals surface area contributed by atoms with Crippen molar-refractivity contribution in [2.24, 2.45) is 0 Å². The van der Waals surface area contributed by atoms with Crippen molar-refractivity contribution in [1.82, 2.24) is 4.98 Å². The van der Waals surface area contributed by atoms with Crippen LogP contribution in [0.4, 0.5) is 0 Å². The third-order valence-corrected chi connectivity index (χ3v) is 4.09. The van der Waals surface area contributed by atoms with Crippen LogP contribution in [0.25, 0.3) is 10.9 Å². The molecule has 1 aromatic heterocycles. The number of nitrogens with zero attached hydrogens (tertiary/aromatic N) is 1. The summed E-state index contributed by atoms with van der Waals surface area (Å²) < 4.78 is 7.12. The summed E-state index contributed by atoms with van der Waals surface area (Å²) in [6.45, 7) is 0. The molecular formula is C16H11Br2NO. The summed E-state index contributed by atoms with van der Waals surface area (Å²) in [7, 11) is 0. The van der Waals surface area contributed by atoms with Gasteiger partial charge in [0.25, 0.3) is 0 Å². The van der Waals surface area contributed by atoms with Gasteiger partial charge in [0.05, 0.1) is 5.52 Å². The standard InChI is InChI=1S/C16H11Br2NO/c17-10-11-9-12(18)6-7-15(11)20-16-5-1-4-14-13(16)3-2-8-19-14/h1-9H,10H2. The lowest BCUT2D eigenvalue weighted by molar-refractivity contribution is 0.484. The van der Waals surface area contributed by atoms with Gasteiger partial charge in [-0.15, -0.1) is 0 Å². The van der Waals surface area contributed by atoms with Crippen molar-refractivity contribution in [2.45, 2.75) is 5.33 Å². The molecule has 0 aliphatic heterocycles. The van der Waals surface area contributed by atoms with Gasteiger partial charge < -0.3 is 4.74 Å². The molecule has 0 unspecified atom stereocenters. The molecule has 0 saturated heterocycles. The summed E-state index contributed by atoms with van der Waals surface area (Å²) in [6.07, 6.45) is 1.79. The molecule has 4 heteroatoms. The van der Waals surface area contributed by atoms with Gasteiger partial charge in [0.2, 0.25) is 0 Å². The molecule has 100 valence electrons. The molecule has 0 bridgehead atoms. The van der Waals surface area contributed by atoms with Crippen LogP contribution >= 0.6 is 31.9 Å². The third-order valence-electron chi connectivity index (χ3n) is 2.99. The number of fused-ring (bicyclic) bond motifs is 1. The zero-order valence-corrected chi connectivity index (χ0v) is 13.7. The maximum absolute atomic E-state index is 6.08. The van der Waals surface area contributed by atoms with Crippen molar-refractivity contribution in [2.75, 3.05) is 0 Å². The van der Waals surface area contributed by atoms with Gasteiger partial charge in [0, 0.05) is 26.9 Å². The zero-order valence-electron chi connectivity index (χ0n) is 10.5. The number of rotatable bonds is 3. The third kappa shape index (κ3) is 2.72. The van der Waals surface area contributed by atoms with Gasteiger partial charge in [-0.2, -0.15) is 0 Å². The van der Waals surface area contributed by atoms with Crippen LogP contribution in [0.1, 0.15) is 5.56 Å². The molecule has 3 aromatic rings. The van der Waals surface area contributed by atoms with E-state index in [1.165, 1.54) is 0 Å². The Balaban J connectivity index is 2.05. The first-order valence-electron chi connectivity index (χ1n) is 6.14. The van der Waals surface area contributed by atoms with Crippen molar-refractivity contribution < 1.29 is 4.74 Å². The first-order valence-corrected chi connectivity index (χ1v) is 8.05. The quantitative estimate of drug-likeness (QED) is 0.534. The summed E-state index contributed by atoms with van der Waals surface area (Å²) >= 11 is 6.97. The number of aromatic nitrogens is 1. The van der Waals surface area contributed by atoms with E-state index in [9.17, 15) is 0 Å². The van der Waals surface area contributed by atoms with E-state index in [4.69, 9.17) is 4.74 Å². The molecule has 0 amide bonds. The second kappa shape index (κ2) is 5.94. The lowest BCUT2D eigenvalue weighted by Crippen LogP contribution is -1.91. The van der Waals surface area contributed by atoms with Crippen LogP contribution in [-0.4, -0.2) is 4.98 Å². The summed E-state index contributed by atoms with van der Waals surface area (Å²) in [4.78, 5) is 4.34. The van der Waals surface area contributed by atoms with Gasteiger partial charge in [0.1, 0.15) is 11.5 Å². The van der Waals surface area contributed by atoms with Gasteiger partial charge in [-0.1, -0.05) is 37.9 Å². The number of pyridine rings is 1. The number of ether oxygens (including phenoxy) is 1. The Bertz CT molecular complexity index is 753. The first kappa shape index (κ1) is 13.6. The molecule has 2 aromatic carbocycles. The Morgan fingerprint density at radius 3 is 2.75 bits per heavy atom. The van der Waals surface area contributed by atoms with Crippen molar-refractivity contribution in [3.63, 3.8) is 0 Å². The minimum atomic E-state index is 0.741. The second-order valence-electron chi connectivity index (χ2n) is 4.31. The molecule has 0 aliphatic rings. The summed E-state index contributed by atoms with van der Waals surface area (Å²) in [5, 5.41) is 1.75. The summed E-state index contributed by atoms with van der Waals surface area (Å²) in [5.41, 5.74) is 2.03. The normalized spacial score (nSPS) is 10.7. The summed E-state index contributed by atoms with van der Waals surface area (Å²) in [6, 6.07) is 15.8. The average molecular weight is 393 g/mol. The van der Waals surface area contributed by atoms with Gasteiger partial charge in [-0.25, -0.2) is 0 Å². The monoisotopic (exact) mass is 391 g/mol. The van der Waals surface area contributed by atoms with E-state index in [0.717, 1.165) is 37.8 Å². The van der Waals surface area contributed by atoms with Crippen LogP contribution in [0.5, 0.6) is 11.5 Å². The van der Waals surface area contributed by atoms with E-state index in [-0.39, 0.29) is 0 Å². The van der Waals surface area contributed by atoms with Crippen LogP contribution in [0.2, 0.25) is 0 Å². The number of halogens is 2. The van der Waals surface area contributed by atoms with Crippen LogP contribution in [-0.2, 0) is 5.33 Å². The number of alkyl halides is 1. The Kier molecular flexibility index (Phi) is 4.03. The van der Waals surface area contributed by atoms with E-state index in [1.54, 1.807) is 6.20 Å². The number of hydrogen-bond acceptors (Lipinski definition) is 2. The SMILES string of the molecule is BrCc1cc(Br)ccc1Oc1cccc2ncccc12. The molecule has 0 saturated carbocycles. The van der Waals surface area contributed by atoms with Gasteiger partial charge in [-0.3, -0.25) is 4.98 Å². The Labute approximate surface area is 134 Å². The maximum Gasteiger partial charge on any atom is 0.136 e. The lowest BCUT2D eigenvalue weighted by Gasteiger charge is -2.12. The van der Waals surface area contributed by atoms with Gasteiger partial charge >= 0.3 is 0 Å². The van der Waals surface area contributed by atoms with E-state index < -0.39 is 0 Å². The zero-order chi connectivity index (χ0) is 13.9. The highest BCUT2D eigenvalue weighted by Crippen LogP contribution is 2.33. The topological polar surface area (TPSA) is 22.1 Å². The van der Waals surface area contributed by atoms with Crippen molar-refractivity contribution >= 4 is 42.8 Å². The highest BCUT2D eigenvalue weighted by Gasteiger charge is 2.08. The van der Waals surface area contributed by atoms with Crippen LogP contribution < -0.4 is 4.74 Å². The maximum atomic E-state index is 6.08.